The molecule has 0 atom stereocenters. The molecule has 100 valence electrons. The Bertz CT molecular complexity index is 517. The lowest BCUT2D eigenvalue weighted by molar-refractivity contribution is -0.0500. The van der Waals surface area contributed by atoms with Gasteiger partial charge in [0.25, 0.3) is 0 Å². The highest BCUT2D eigenvalue weighted by atomic mass is 32.2. The molecule has 0 aromatic heterocycles. The molecule has 0 radical (unpaired) electrons. The van der Waals surface area contributed by atoms with Crippen molar-refractivity contribution in [2.75, 3.05) is 13.2 Å². The SMILES string of the molecule is O=S(=O)(Oc1ccc(C2COC2)cc1)C(F)(F)F. The van der Waals surface area contributed by atoms with Gasteiger partial charge in [-0.3, -0.25) is 0 Å². The van der Waals surface area contributed by atoms with Crippen molar-refractivity contribution < 1.29 is 30.5 Å². The van der Waals surface area contributed by atoms with Crippen LogP contribution >= 0.6 is 0 Å². The summed E-state index contributed by atoms with van der Waals surface area (Å²) < 4.78 is 66.6. The summed E-state index contributed by atoms with van der Waals surface area (Å²) in [5, 5.41) is 0. The van der Waals surface area contributed by atoms with Crippen molar-refractivity contribution in [1.82, 2.24) is 0 Å². The lowest BCUT2D eigenvalue weighted by atomic mass is 9.98. The minimum Gasteiger partial charge on any atom is -0.380 e. The third-order valence-corrected chi connectivity index (χ3v) is 3.46. The van der Waals surface area contributed by atoms with E-state index in [0.717, 1.165) is 5.56 Å². The molecule has 0 aliphatic carbocycles. The fourth-order valence-electron chi connectivity index (χ4n) is 1.40. The van der Waals surface area contributed by atoms with Crippen LogP contribution in [-0.2, 0) is 14.9 Å². The summed E-state index contributed by atoms with van der Waals surface area (Å²) in [6, 6.07) is 5.43. The van der Waals surface area contributed by atoms with Gasteiger partial charge < -0.3 is 8.92 Å². The highest BCUT2D eigenvalue weighted by Crippen LogP contribution is 2.29. The second kappa shape index (κ2) is 4.43. The van der Waals surface area contributed by atoms with Crippen LogP contribution in [0.5, 0.6) is 5.75 Å². The largest absolute Gasteiger partial charge is 0.534 e. The molecule has 0 saturated carbocycles. The van der Waals surface area contributed by atoms with Crippen molar-refractivity contribution in [2.24, 2.45) is 0 Å². The lowest BCUT2D eigenvalue weighted by Crippen LogP contribution is -2.28. The molecule has 1 aromatic carbocycles. The molecule has 0 amide bonds. The van der Waals surface area contributed by atoms with Crippen LogP contribution in [0.15, 0.2) is 24.3 Å². The van der Waals surface area contributed by atoms with Gasteiger partial charge in [-0.1, -0.05) is 12.1 Å². The lowest BCUT2D eigenvalue weighted by Gasteiger charge is -2.26. The zero-order chi connectivity index (χ0) is 13.4. The molecule has 0 bridgehead atoms. The minimum absolute atomic E-state index is 0.207. The van der Waals surface area contributed by atoms with Crippen LogP contribution in [0.2, 0.25) is 0 Å². The van der Waals surface area contributed by atoms with Crippen LogP contribution < -0.4 is 4.18 Å². The zero-order valence-electron chi connectivity index (χ0n) is 8.98. The number of rotatable bonds is 3. The van der Waals surface area contributed by atoms with Crippen molar-refractivity contribution in [3.63, 3.8) is 0 Å². The first-order chi connectivity index (χ1) is 8.29. The van der Waals surface area contributed by atoms with Crippen molar-refractivity contribution in [3.8, 4) is 5.75 Å². The maximum atomic E-state index is 12.1. The highest BCUT2D eigenvalue weighted by molar-refractivity contribution is 7.87. The van der Waals surface area contributed by atoms with Crippen LogP contribution in [0.3, 0.4) is 0 Å². The first-order valence-corrected chi connectivity index (χ1v) is 6.39. The molecule has 1 aromatic rings. The van der Waals surface area contributed by atoms with Crippen molar-refractivity contribution >= 4 is 10.1 Å². The van der Waals surface area contributed by atoms with E-state index in [-0.39, 0.29) is 11.7 Å². The fraction of sp³-hybridized carbons (Fsp3) is 0.400. The Morgan fingerprint density at radius 3 is 2.11 bits per heavy atom. The molecular formula is C10H9F3O4S. The maximum Gasteiger partial charge on any atom is 0.534 e. The van der Waals surface area contributed by atoms with E-state index in [2.05, 4.69) is 4.18 Å². The van der Waals surface area contributed by atoms with E-state index >= 15 is 0 Å². The van der Waals surface area contributed by atoms with Gasteiger partial charge in [0, 0.05) is 5.92 Å². The molecule has 2 rings (SSSR count). The number of hydrogen-bond acceptors (Lipinski definition) is 4. The second-order valence-corrected chi connectivity index (χ2v) is 5.32. The Kier molecular flexibility index (Phi) is 3.24. The topological polar surface area (TPSA) is 52.6 Å². The van der Waals surface area contributed by atoms with Gasteiger partial charge in [0.1, 0.15) is 5.75 Å². The molecule has 1 saturated heterocycles. The Morgan fingerprint density at radius 1 is 1.17 bits per heavy atom. The molecule has 1 aliphatic heterocycles. The number of alkyl halides is 3. The maximum absolute atomic E-state index is 12.1. The van der Waals surface area contributed by atoms with E-state index in [0.29, 0.717) is 13.2 Å². The predicted octanol–water partition coefficient (Wildman–Crippen LogP) is 2.03. The molecular weight excluding hydrogens is 273 g/mol. The first-order valence-electron chi connectivity index (χ1n) is 4.98. The van der Waals surface area contributed by atoms with E-state index in [1.165, 1.54) is 24.3 Å². The van der Waals surface area contributed by atoms with E-state index in [1.807, 2.05) is 0 Å². The monoisotopic (exact) mass is 282 g/mol. The molecule has 8 heteroatoms. The zero-order valence-corrected chi connectivity index (χ0v) is 9.79. The third kappa shape index (κ3) is 2.59. The molecule has 18 heavy (non-hydrogen) atoms. The molecule has 0 N–H and O–H groups in total. The van der Waals surface area contributed by atoms with Crippen LogP contribution in [0.1, 0.15) is 11.5 Å². The fourth-order valence-corrected chi connectivity index (χ4v) is 1.86. The van der Waals surface area contributed by atoms with Gasteiger partial charge >= 0.3 is 15.6 Å². The number of halogens is 3. The van der Waals surface area contributed by atoms with Gasteiger partial charge in [0.2, 0.25) is 0 Å². The van der Waals surface area contributed by atoms with E-state index in [4.69, 9.17) is 4.74 Å². The summed E-state index contributed by atoms with van der Waals surface area (Å²) in [7, 11) is -5.60. The van der Waals surface area contributed by atoms with Gasteiger partial charge in [-0.25, -0.2) is 0 Å². The summed E-state index contributed by atoms with van der Waals surface area (Å²) in [5.74, 6) is -0.158. The summed E-state index contributed by atoms with van der Waals surface area (Å²) >= 11 is 0. The average molecular weight is 282 g/mol. The normalized spacial score (nSPS) is 17.3. The quantitative estimate of drug-likeness (QED) is 0.629. The number of benzene rings is 1. The van der Waals surface area contributed by atoms with E-state index in [9.17, 15) is 21.6 Å². The molecule has 1 aliphatic rings. The average Bonchev–Trinajstić information content (AvgIpc) is 2.16. The Morgan fingerprint density at radius 2 is 1.72 bits per heavy atom. The number of ether oxygens (including phenoxy) is 1. The van der Waals surface area contributed by atoms with Crippen LogP contribution in [0.25, 0.3) is 0 Å². The summed E-state index contributed by atoms with van der Waals surface area (Å²) in [4.78, 5) is 0. The van der Waals surface area contributed by atoms with Crippen molar-refractivity contribution in [2.45, 2.75) is 11.4 Å². The second-order valence-electron chi connectivity index (χ2n) is 3.79. The Labute approximate surface area is 101 Å². The van der Waals surface area contributed by atoms with Crippen LogP contribution in [0.4, 0.5) is 13.2 Å². The van der Waals surface area contributed by atoms with Gasteiger partial charge in [-0.2, -0.15) is 21.6 Å². The van der Waals surface area contributed by atoms with Gasteiger partial charge in [0.15, 0.2) is 0 Å². The first kappa shape index (κ1) is 13.2. The van der Waals surface area contributed by atoms with Gasteiger partial charge in [-0.15, -0.1) is 0 Å². The van der Waals surface area contributed by atoms with E-state index in [1.54, 1.807) is 0 Å². The van der Waals surface area contributed by atoms with Crippen LogP contribution in [-0.4, -0.2) is 27.1 Å². The molecule has 1 fully saturated rings. The Hall–Kier alpha value is -1.28. The van der Waals surface area contributed by atoms with Crippen molar-refractivity contribution in [1.29, 1.82) is 0 Å². The highest BCUT2D eigenvalue weighted by Gasteiger charge is 2.48. The molecule has 0 unspecified atom stereocenters. The summed E-state index contributed by atoms with van der Waals surface area (Å²) in [5.41, 5.74) is -4.55. The predicted molar refractivity (Wildman–Crippen MR) is 55.6 cm³/mol. The summed E-state index contributed by atoms with van der Waals surface area (Å²) in [6.45, 7) is 1.11. The van der Waals surface area contributed by atoms with Crippen LogP contribution in [0, 0.1) is 0 Å². The van der Waals surface area contributed by atoms with Crippen molar-refractivity contribution in [3.05, 3.63) is 29.8 Å². The number of hydrogen-bond donors (Lipinski definition) is 0. The Balaban J connectivity index is 2.11. The minimum atomic E-state index is -5.60. The summed E-state index contributed by atoms with van der Waals surface area (Å²) in [6.07, 6.45) is 0. The molecule has 0 spiro atoms. The third-order valence-electron chi connectivity index (χ3n) is 2.48. The van der Waals surface area contributed by atoms with Gasteiger partial charge in [-0.05, 0) is 17.7 Å². The van der Waals surface area contributed by atoms with Gasteiger partial charge in [0.05, 0.1) is 13.2 Å². The standard InChI is InChI=1S/C10H9F3O4S/c11-10(12,13)18(14,15)17-9-3-1-7(2-4-9)8-5-16-6-8/h1-4,8H,5-6H2. The van der Waals surface area contributed by atoms with E-state index < -0.39 is 15.6 Å². The molecule has 4 nitrogen and oxygen atoms in total. The molecule has 1 heterocycles. The smallest absolute Gasteiger partial charge is 0.380 e.